The third-order valence-electron chi connectivity index (χ3n) is 5.25. The zero-order valence-corrected chi connectivity index (χ0v) is 16.8. The van der Waals surface area contributed by atoms with Gasteiger partial charge in [0.25, 0.3) is 0 Å². The minimum Gasteiger partial charge on any atom is -0.396 e. The van der Waals surface area contributed by atoms with Crippen LogP contribution in [0.5, 0.6) is 0 Å². The van der Waals surface area contributed by atoms with Crippen molar-refractivity contribution in [1.82, 2.24) is 10.6 Å². The predicted molar refractivity (Wildman–Crippen MR) is 118 cm³/mol. The number of amides is 1. The smallest absolute Gasteiger partial charge is 0.241 e. The van der Waals surface area contributed by atoms with Crippen LogP contribution in [-0.2, 0) is 10.3 Å². The molecular formula is C24H24N2O2S. The molecule has 1 aliphatic heterocycles. The third-order valence-corrected chi connectivity index (χ3v) is 6.42. The van der Waals surface area contributed by atoms with Crippen LogP contribution in [-0.4, -0.2) is 34.8 Å². The quantitative estimate of drug-likeness (QED) is 0.399. The van der Waals surface area contributed by atoms with Crippen LogP contribution >= 0.6 is 11.8 Å². The third kappa shape index (κ3) is 3.81. The molecule has 0 saturated carbocycles. The number of carbonyl (C=O) groups is 1. The van der Waals surface area contributed by atoms with E-state index in [4.69, 9.17) is 0 Å². The molecule has 0 radical (unpaired) electrons. The Hall–Kier alpha value is -2.60. The minimum absolute atomic E-state index is 0.0207. The predicted octanol–water partition coefficient (Wildman–Crippen LogP) is 3.12. The number of β-lactam (4-membered cyclic amide) rings is 1. The second kappa shape index (κ2) is 8.82. The fourth-order valence-electron chi connectivity index (χ4n) is 3.86. The van der Waals surface area contributed by atoms with Gasteiger partial charge in [-0.1, -0.05) is 91.0 Å². The van der Waals surface area contributed by atoms with Gasteiger partial charge in [-0.25, -0.2) is 0 Å². The van der Waals surface area contributed by atoms with E-state index in [1.54, 1.807) is 11.8 Å². The van der Waals surface area contributed by atoms with Gasteiger partial charge in [0, 0.05) is 5.75 Å². The number of hydrogen-bond donors (Lipinski definition) is 3. The second-order valence-electron chi connectivity index (χ2n) is 6.99. The van der Waals surface area contributed by atoms with Gasteiger partial charge in [-0.2, -0.15) is 0 Å². The van der Waals surface area contributed by atoms with Gasteiger partial charge < -0.3 is 10.4 Å². The van der Waals surface area contributed by atoms with E-state index in [-0.39, 0.29) is 23.9 Å². The molecule has 148 valence electrons. The molecule has 1 saturated heterocycles. The molecule has 1 aliphatic rings. The molecule has 4 nitrogen and oxygen atoms in total. The van der Waals surface area contributed by atoms with Gasteiger partial charge >= 0.3 is 0 Å². The van der Waals surface area contributed by atoms with E-state index in [9.17, 15) is 9.90 Å². The zero-order valence-electron chi connectivity index (χ0n) is 16.0. The molecule has 4 rings (SSSR count). The largest absolute Gasteiger partial charge is 0.396 e. The summed E-state index contributed by atoms with van der Waals surface area (Å²) in [5.41, 5.74) is 2.54. The lowest BCUT2D eigenvalue weighted by Crippen LogP contribution is -2.70. The minimum atomic E-state index is -0.676. The number of aliphatic hydroxyl groups excluding tert-OH is 1. The van der Waals surface area contributed by atoms with Crippen molar-refractivity contribution in [2.24, 2.45) is 0 Å². The van der Waals surface area contributed by atoms with Crippen molar-refractivity contribution in [1.29, 1.82) is 0 Å². The topological polar surface area (TPSA) is 61.4 Å². The molecule has 0 aliphatic carbocycles. The fourth-order valence-corrected chi connectivity index (χ4v) is 4.80. The number of nitrogens with one attached hydrogen (secondary N) is 2. The van der Waals surface area contributed by atoms with Gasteiger partial charge in [-0.3, -0.25) is 10.1 Å². The number of benzene rings is 3. The van der Waals surface area contributed by atoms with Crippen LogP contribution in [0.2, 0.25) is 0 Å². The van der Waals surface area contributed by atoms with Crippen LogP contribution in [0.25, 0.3) is 0 Å². The van der Waals surface area contributed by atoms with Gasteiger partial charge in [0.15, 0.2) is 0 Å². The molecule has 3 aromatic rings. The van der Waals surface area contributed by atoms with Crippen molar-refractivity contribution < 1.29 is 9.90 Å². The van der Waals surface area contributed by atoms with E-state index in [0.717, 1.165) is 16.7 Å². The van der Waals surface area contributed by atoms with Crippen LogP contribution in [0.4, 0.5) is 0 Å². The van der Waals surface area contributed by atoms with Crippen molar-refractivity contribution >= 4 is 17.7 Å². The van der Waals surface area contributed by atoms with Crippen molar-refractivity contribution in [3.05, 3.63) is 108 Å². The Balaban J connectivity index is 1.85. The van der Waals surface area contributed by atoms with E-state index in [1.165, 1.54) is 0 Å². The molecule has 1 heterocycles. The van der Waals surface area contributed by atoms with Crippen LogP contribution in [0.3, 0.4) is 0 Å². The summed E-state index contributed by atoms with van der Waals surface area (Å²) in [5, 5.41) is 15.8. The molecule has 1 amide bonds. The molecule has 1 fully saturated rings. The van der Waals surface area contributed by atoms with Gasteiger partial charge in [-0.05, 0) is 16.7 Å². The average Bonchev–Trinajstić information content (AvgIpc) is 2.79. The summed E-state index contributed by atoms with van der Waals surface area (Å²) in [4.78, 5) is 12.5. The van der Waals surface area contributed by atoms with Gasteiger partial charge in [0.05, 0.1) is 17.5 Å². The number of thioether (sulfide) groups is 1. The van der Waals surface area contributed by atoms with E-state index in [1.807, 2.05) is 54.6 Å². The van der Waals surface area contributed by atoms with Crippen LogP contribution in [0.15, 0.2) is 91.0 Å². The molecule has 0 spiro atoms. The monoisotopic (exact) mass is 404 g/mol. The molecule has 0 bridgehead atoms. The lowest BCUT2D eigenvalue weighted by Gasteiger charge is -2.45. The maximum Gasteiger partial charge on any atom is 0.241 e. The highest BCUT2D eigenvalue weighted by atomic mass is 32.2. The molecule has 3 N–H and O–H groups in total. The Morgan fingerprint density at radius 1 is 0.828 bits per heavy atom. The van der Waals surface area contributed by atoms with E-state index >= 15 is 0 Å². The first-order chi connectivity index (χ1) is 14.3. The lowest BCUT2D eigenvalue weighted by molar-refractivity contribution is -0.129. The normalized spacial score (nSPS) is 18.7. The first kappa shape index (κ1) is 19.7. The van der Waals surface area contributed by atoms with Gasteiger partial charge in [0.2, 0.25) is 5.91 Å². The first-order valence-electron chi connectivity index (χ1n) is 9.73. The maximum atomic E-state index is 12.5. The highest BCUT2D eigenvalue weighted by Crippen LogP contribution is 2.38. The Bertz CT molecular complexity index is 838. The number of carbonyl (C=O) groups excluding carboxylic acids is 1. The molecule has 5 heteroatoms. The summed E-state index contributed by atoms with van der Waals surface area (Å²) in [5.74, 6) is 0.561. The van der Waals surface area contributed by atoms with E-state index in [0.29, 0.717) is 5.75 Å². The van der Waals surface area contributed by atoms with E-state index in [2.05, 4.69) is 47.0 Å². The average molecular weight is 405 g/mol. The van der Waals surface area contributed by atoms with Crippen molar-refractivity contribution in [3.63, 3.8) is 0 Å². The summed E-state index contributed by atoms with van der Waals surface area (Å²) in [6.45, 7) is 0.0882. The second-order valence-corrected chi connectivity index (χ2v) is 8.24. The zero-order chi connectivity index (χ0) is 20.1. The Labute approximate surface area is 175 Å². The SMILES string of the molecule is O=C1N[C@H](SCCO)C1NC(c1ccccc1)(c1ccccc1)c1ccccc1. The maximum absolute atomic E-state index is 12.5. The fraction of sp³-hybridized carbons (Fsp3) is 0.208. The molecular weight excluding hydrogens is 380 g/mol. The standard InChI is InChI=1S/C24H24N2O2S/c27-16-17-29-23-21(22(28)25-23)26-24(18-10-4-1-5-11-18,19-12-6-2-7-13-19)20-14-8-3-9-15-20/h1-15,21,23,26-27H,16-17H2,(H,25,28)/t21?,23-/m1/s1. The summed E-state index contributed by atoms with van der Waals surface area (Å²) >= 11 is 1.56. The molecule has 29 heavy (non-hydrogen) atoms. The number of aliphatic hydroxyl groups is 1. The Kier molecular flexibility index (Phi) is 6.00. The highest BCUT2D eigenvalue weighted by molar-refractivity contribution is 8.00. The lowest BCUT2D eigenvalue weighted by atomic mass is 9.76. The Morgan fingerprint density at radius 3 is 1.66 bits per heavy atom. The summed E-state index contributed by atoms with van der Waals surface area (Å²) in [6, 6.07) is 30.4. The van der Waals surface area contributed by atoms with Gasteiger partial charge in [0.1, 0.15) is 6.04 Å². The van der Waals surface area contributed by atoms with Crippen molar-refractivity contribution in [2.45, 2.75) is 17.0 Å². The first-order valence-corrected chi connectivity index (χ1v) is 10.8. The van der Waals surface area contributed by atoms with Crippen molar-refractivity contribution in [2.75, 3.05) is 12.4 Å². The Morgan fingerprint density at radius 2 is 1.28 bits per heavy atom. The van der Waals surface area contributed by atoms with E-state index < -0.39 is 5.54 Å². The van der Waals surface area contributed by atoms with Crippen LogP contribution < -0.4 is 10.6 Å². The number of hydrogen-bond acceptors (Lipinski definition) is 4. The summed E-state index contributed by atoms with van der Waals surface area (Å²) < 4.78 is 0. The van der Waals surface area contributed by atoms with Crippen LogP contribution in [0, 0.1) is 0 Å². The van der Waals surface area contributed by atoms with Crippen molar-refractivity contribution in [3.8, 4) is 0 Å². The molecule has 2 atom stereocenters. The summed E-state index contributed by atoms with van der Waals surface area (Å²) in [7, 11) is 0. The highest BCUT2D eigenvalue weighted by Gasteiger charge is 2.47. The molecule has 0 aromatic heterocycles. The number of rotatable bonds is 8. The summed E-state index contributed by atoms with van der Waals surface area (Å²) in [6.07, 6.45) is 0. The van der Waals surface area contributed by atoms with Gasteiger partial charge in [-0.15, -0.1) is 11.8 Å². The molecule has 1 unspecified atom stereocenters. The van der Waals surface area contributed by atoms with Crippen LogP contribution in [0.1, 0.15) is 16.7 Å². The molecule has 3 aromatic carbocycles.